The van der Waals surface area contributed by atoms with Gasteiger partial charge in [-0.05, 0) is 19.1 Å². The summed E-state index contributed by atoms with van der Waals surface area (Å²) in [6.07, 6.45) is 1.37. The Morgan fingerprint density at radius 1 is 1.35 bits per heavy atom. The normalized spacial score (nSPS) is 11.3. The fraction of sp³-hybridized carbons (Fsp3) is 0.231. The number of nitrogens with zero attached hydrogens (tertiary/aromatic N) is 4. The van der Waals surface area contributed by atoms with Crippen LogP contribution in [0.2, 0.25) is 0 Å². The molecular weight excluding hydrogens is 260 g/mol. The molecule has 7 heteroatoms. The fourth-order valence-electron chi connectivity index (χ4n) is 2.43. The molecule has 2 aromatic heterocycles. The highest BCUT2D eigenvalue weighted by atomic mass is 16.4. The minimum Gasteiger partial charge on any atom is -0.477 e. The summed E-state index contributed by atoms with van der Waals surface area (Å²) in [7, 11) is 1.74. The Hall–Kier alpha value is -2.70. The lowest BCUT2D eigenvalue weighted by Crippen LogP contribution is -2.19. The van der Waals surface area contributed by atoms with Crippen LogP contribution in [-0.4, -0.2) is 30.6 Å². The number of rotatable bonds is 2. The number of benzene rings is 1. The van der Waals surface area contributed by atoms with Crippen molar-refractivity contribution < 1.29 is 9.90 Å². The van der Waals surface area contributed by atoms with Crippen LogP contribution < -0.4 is 5.43 Å². The standard InChI is InChI=1S/C13H12N4O3/c1-3-17-6-8(13(19)20)12(18)7-4-5-9-11(10(7)17)16(2)15-14-9/h4-6H,3H2,1-2H3,(H,19,20). The monoisotopic (exact) mass is 272 g/mol. The van der Waals surface area contributed by atoms with Gasteiger partial charge >= 0.3 is 5.97 Å². The summed E-state index contributed by atoms with van der Waals surface area (Å²) >= 11 is 0. The zero-order valence-electron chi connectivity index (χ0n) is 11.0. The predicted octanol–water partition coefficient (Wildman–Crippen LogP) is 1.00. The molecule has 0 spiro atoms. The number of carboxylic acids is 1. The van der Waals surface area contributed by atoms with Crippen LogP contribution in [0.1, 0.15) is 17.3 Å². The van der Waals surface area contributed by atoms with E-state index in [2.05, 4.69) is 10.3 Å². The van der Waals surface area contributed by atoms with Crippen LogP contribution in [-0.2, 0) is 13.6 Å². The summed E-state index contributed by atoms with van der Waals surface area (Å²) in [6, 6.07) is 3.28. The Balaban J connectivity index is 2.62. The van der Waals surface area contributed by atoms with Crippen LogP contribution in [0.25, 0.3) is 21.9 Å². The van der Waals surface area contributed by atoms with E-state index in [0.717, 1.165) is 5.52 Å². The molecule has 0 unspecified atom stereocenters. The van der Waals surface area contributed by atoms with Crippen molar-refractivity contribution in [3.05, 3.63) is 34.1 Å². The van der Waals surface area contributed by atoms with Crippen LogP contribution >= 0.6 is 0 Å². The molecule has 20 heavy (non-hydrogen) atoms. The summed E-state index contributed by atoms with van der Waals surface area (Å²) in [4.78, 5) is 23.4. The van der Waals surface area contributed by atoms with Gasteiger partial charge in [-0.15, -0.1) is 5.10 Å². The fourth-order valence-corrected chi connectivity index (χ4v) is 2.43. The molecule has 3 rings (SSSR count). The van der Waals surface area contributed by atoms with Gasteiger partial charge in [-0.1, -0.05) is 5.21 Å². The predicted molar refractivity (Wildman–Crippen MR) is 72.9 cm³/mol. The smallest absolute Gasteiger partial charge is 0.341 e. The molecule has 3 aromatic rings. The summed E-state index contributed by atoms with van der Waals surface area (Å²) in [6.45, 7) is 2.43. The molecule has 2 heterocycles. The van der Waals surface area contributed by atoms with E-state index in [9.17, 15) is 9.59 Å². The van der Waals surface area contributed by atoms with Gasteiger partial charge in [-0.25, -0.2) is 9.48 Å². The third-order valence-corrected chi connectivity index (χ3v) is 3.37. The van der Waals surface area contributed by atoms with Gasteiger partial charge in [0, 0.05) is 25.2 Å². The Morgan fingerprint density at radius 2 is 2.10 bits per heavy atom. The van der Waals surface area contributed by atoms with Gasteiger partial charge in [0.1, 0.15) is 16.6 Å². The van der Waals surface area contributed by atoms with E-state index in [0.29, 0.717) is 23.0 Å². The average molecular weight is 272 g/mol. The summed E-state index contributed by atoms with van der Waals surface area (Å²) in [5.74, 6) is -1.22. The summed E-state index contributed by atoms with van der Waals surface area (Å²) in [5, 5.41) is 17.5. The molecule has 0 aliphatic carbocycles. The maximum atomic E-state index is 12.3. The molecule has 0 aliphatic heterocycles. The number of aromatic carboxylic acids is 1. The van der Waals surface area contributed by atoms with Crippen molar-refractivity contribution >= 4 is 27.9 Å². The van der Waals surface area contributed by atoms with Crippen LogP contribution in [0, 0.1) is 0 Å². The minimum absolute atomic E-state index is 0.228. The van der Waals surface area contributed by atoms with E-state index < -0.39 is 11.4 Å². The van der Waals surface area contributed by atoms with Crippen LogP contribution in [0.5, 0.6) is 0 Å². The molecule has 0 saturated carbocycles. The van der Waals surface area contributed by atoms with Crippen LogP contribution in [0.15, 0.2) is 23.1 Å². The Kier molecular flexibility index (Phi) is 2.56. The number of carbonyl (C=O) groups is 1. The van der Waals surface area contributed by atoms with Gasteiger partial charge in [-0.2, -0.15) is 0 Å². The lowest BCUT2D eigenvalue weighted by atomic mass is 10.1. The number of fused-ring (bicyclic) bond motifs is 3. The third kappa shape index (κ3) is 1.52. The van der Waals surface area contributed by atoms with Gasteiger partial charge < -0.3 is 9.67 Å². The van der Waals surface area contributed by atoms with Crippen molar-refractivity contribution in [1.29, 1.82) is 0 Å². The van der Waals surface area contributed by atoms with E-state index in [1.165, 1.54) is 6.20 Å². The zero-order chi connectivity index (χ0) is 14.4. The molecule has 0 saturated heterocycles. The SMILES string of the molecule is CCn1cc(C(=O)O)c(=O)c2ccc3nnn(C)c3c21. The van der Waals surface area contributed by atoms with Crippen molar-refractivity contribution in [3.8, 4) is 0 Å². The highest BCUT2D eigenvalue weighted by Crippen LogP contribution is 2.22. The number of hydrogen-bond acceptors (Lipinski definition) is 4. The lowest BCUT2D eigenvalue weighted by molar-refractivity contribution is 0.0695. The van der Waals surface area contributed by atoms with Crippen molar-refractivity contribution in [2.24, 2.45) is 7.05 Å². The highest BCUT2D eigenvalue weighted by Gasteiger charge is 2.17. The Labute approximate surface area is 113 Å². The quantitative estimate of drug-likeness (QED) is 0.751. The van der Waals surface area contributed by atoms with Gasteiger partial charge in [0.05, 0.1) is 5.52 Å². The number of aromatic nitrogens is 4. The molecule has 0 atom stereocenters. The first-order valence-electron chi connectivity index (χ1n) is 6.13. The maximum absolute atomic E-state index is 12.3. The Bertz CT molecular complexity index is 907. The van der Waals surface area contributed by atoms with Crippen LogP contribution in [0.4, 0.5) is 0 Å². The molecule has 1 aromatic carbocycles. The molecule has 1 N–H and O–H groups in total. The number of pyridine rings is 1. The molecule has 0 bridgehead atoms. The summed E-state index contributed by atoms with van der Waals surface area (Å²) in [5.41, 5.74) is 1.34. The van der Waals surface area contributed by atoms with E-state index in [1.807, 2.05) is 6.92 Å². The molecule has 0 fully saturated rings. The van der Waals surface area contributed by atoms with E-state index in [1.54, 1.807) is 28.4 Å². The van der Waals surface area contributed by atoms with Crippen molar-refractivity contribution in [1.82, 2.24) is 19.6 Å². The second-order valence-electron chi connectivity index (χ2n) is 4.51. The average Bonchev–Trinajstić information content (AvgIpc) is 2.80. The highest BCUT2D eigenvalue weighted by molar-refractivity contribution is 6.03. The maximum Gasteiger partial charge on any atom is 0.341 e. The molecule has 7 nitrogen and oxygen atoms in total. The van der Waals surface area contributed by atoms with Crippen LogP contribution in [0.3, 0.4) is 0 Å². The van der Waals surface area contributed by atoms with Gasteiger partial charge in [0.15, 0.2) is 0 Å². The second-order valence-corrected chi connectivity index (χ2v) is 4.51. The van der Waals surface area contributed by atoms with Crippen molar-refractivity contribution in [3.63, 3.8) is 0 Å². The lowest BCUT2D eigenvalue weighted by Gasteiger charge is -2.11. The Morgan fingerprint density at radius 3 is 2.75 bits per heavy atom. The minimum atomic E-state index is -1.22. The van der Waals surface area contributed by atoms with E-state index in [4.69, 9.17) is 5.11 Å². The molecule has 0 aliphatic rings. The first kappa shape index (κ1) is 12.3. The zero-order valence-corrected chi connectivity index (χ0v) is 11.0. The van der Waals surface area contributed by atoms with Crippen molar-refractivity contribution in [2.75, 3.05) is 0 Å². The second kappa shape index (κ2) is 4.16. The first-order valence-corrected chi connectivity index (χ1v) is 6.13. The number of aryl methyl sites for hydroxylation is 2. The van der Waals surface area contributed by atoms with Gasteiger partial charge in [0.25, 0.3) is 0 Å². The number of hydrogen-bond donors (Lipinski definition) is 1. The largest absolute Gasteiger partial charge is 0.477 e. The number of carboxylic acid groups (broad SMARTS) is 1. The van der Waals surface area contributed by atoms with Crippen molar-refractivity contribution in [2.45, 2.75) is 13.5 Å². The van der Waals surface area contributed by atoms with E-state index >= 15 is 0 Å². The molecular formula is C13H12N4O3. The molecule has 0 amide bonds. The van der Waals surface area contributed by atoms with Gasteiger partial charge in [0.2, 0.25) is 5.43 Å². The summed E-state index contributed by atoms with van der Waals surface area (Å²) < 4.78 is 3.33. The third-order valence-electron chi connectivity index (χ3n) is 3.37. The van der Waals surface area contributed by atoms with Gasteiger partial charge in [-0.3, -0.25) is 4.79 Å². The topological polar surface area (TPSA) is 90.0 Å². The molecule has 0 radical (unpaired) electrons. The molecule has 102 valence electrons. The first-order chi connectivity index (χ1) is 9.54. The van der Waals surface area contributed by atoms with E-state index in [-0.39, 0.29) is 5.56 Å².